The van der Waals surface area contributed by atoms with E-state index in [0.29, 0.717) is 41.6 Å². The fraction of sp³-hybridized carbons (Fsp3) is 0.652. The molecule has 0 radical (unpaired) electrons. The van der Waals surface area contributed by atoms with Gasteiger partial charge in [0.15, 0.2) is 0 Å². The Balaban J connectivity index is 3.25. The number of rotatable bonds is 11. The van der Waals surface area contributed by atoms with Crippen molar-refractivity contribution in [1.82, 2.24) is 0 Å². The zero-order valence-corrected chi connectivity index (χ0v) is 21.3. The van der Waals surface area contributed by atoms with Crippen LogP contribution in [0.2, 0.25) is 16.6 Å². The molecule has 0 saturated heterocycles. The highest BCUT2D eigenvalue weighted by molar-refractivity contribution is 7.86. The van der Waals surface area contributed by atoms with E-state index < -0.39 is 24.3 Å². The first kappa shape index (κ1) is 26.7. The Morgan fingerprint density at radius 3 is 1.93 bits per heavy atom. The predicted octanol–water partition coefficient (Wildman–Crippen LogP) is 5.15. The van der Waals surface area contributed by atoms with E-state index in [1.165, 1.54) is 19.2 Å². The molecule has 1 rings (SSSR count). The topological polar surface area (TPSA) is 72.8 Å². The maximum atomic E-state index is 12.8. The molecule has 0 aliphatic rings. The number of aliphatic hydroxyl groups is 1. The number of hydrogen-bond donors (Lipinski definition) is 1. The summed E-state index contributed by atoms with van der Waals surface area (Å²) in [5, 5.41) is 9.12. The van der Waals surface area contributed by atoms with Crippen LogP contribution in [0.4, 0.5) is 0 Å². The Morgan fingerprint density at radius 2 is 1.50 bits per heavy atom. The van der Waals surface area contributed by atoms with Gasteiger partial charge in [0.25, 0.3) is 10.1 Å². The predicted molar refractivity (Wildman–Crippen MR) is 125 cm³/mol. The lowest BCUT2D eigenvalue weighted by Gasteiger charge is -2.38. The van der Waals surface area contributed by atoms with Gasteiger partial charge in [-0.05, 0) is 60.2 Å². The monoisotopic (exact) mass is 454 g/mol. The summed E-state index contributed by atoms with van der Waals surface area (Å²) < 4.78 is 36.3. The molecule has 1 atom stereocenters. The van der Waals surface area contributed by atoms with Crippen molar-refractivity contribution in [3.63, 3.8) is 0 Å². The van der Waals surface area contributed by atoms with E-state index in [1.807, 2.05) is 0 Å². The molecule has 0 heterocycles. The van der Waals surface area contributed by atoms with Gasteiger partial charge in [-0.15, -0.1) is 5.54 Å². The molecular formula is C23H38O5SSi. The zero-order valence-electron chi connectivity index (χ0n) is 19.4. The van der Waals surface area contributed by atoms with Gasteiger partial charge in [0.05, 0.1) is 12.0 Å². The van der Waals surface area contributed by atoms with Crippen LogP contribution in [-0.4, -0.2) is 41.4 Å². The van der Waals surface area contributed by atoms with E-state index in [0.717, 1.165) is 0 Å². The second-order valence-corrected chi connectivity index (χ2v) is 15.8. The number of aliphatic hydroxyl groups excluding tert-OH is 1. The Labute approximate surface area is 184 Å². The van der Waals surface area contributed by atoms with Crippen LogP contribution in [0.15, 0.2) is 29.2 Å². The third kappa shape index (κ3) is 6.84. The molecule has 0 aliphatic heterocycles. The second-order valence-electron chi connectivity index (χ2n) is 8.60. The fourth-order valence-corrected chi connectivity index (χ4v) is 10.5. The quantitative estimate of drug-likeness (QED) is 0.217. The Kier molecular flexibility index (Phi) is 10.6. The highest BCUT2D eigenvalue weighted by Gasteiger charge is 2.41. The third-order valence-corrected chi connectivity index (χ3v) is 13.4. The molecule has 1 aromatic carbocycles. The highest BCUT2D eigenvalue weighted by atomic mass is 32.2. The largest absolute Gasteiger partial charge is 0.497 e. The minimum atomic E-state index is -3.96. The van der Waals surface area contributed by atoms with Gasteiger partial charge in [0.2, 0.25) is 0 Å². The van der Waals surface area contributed by atoms with Crippen molar-refractivity contribution in [2.24, 2.45) is 0 Å². The summed E-state index contributed by atoms with van der Waals surface area (Å²) in [5.41, 5.74) is 4.90. The smallest absolute Gasteiger partial charge is 0.298 e. The van der Waals surface area contributed by atoms with E-state index in [2.05, 4.69) is 53.0 Å². The molecule has 0 spiro atoms. The van der Waals surface area contributed by atoms with Gasteiger partial charge in [-0.25, -0.2) is 4.18 Å². The van der Waals surface area contributed by atoms with Gasteiger partial charge >= 0.3 is 0 Å². The van der Waals surface area contributed by atoms with Gasteiger partial charge in [0, 0.05) is 6.61 Å². The summed E-state index contributed by atoms with van der Waals surface area (Å²) in [6.45, 7) is 13.4. The molecule has 5 nitrogen and oxygen atoms in total. The van der Waals surface area contributed by atoms with Gasteiger partial charge in [0.1, 0.15) is 19.9 Å². The van der Waals surface area contributed by atoms with E-state index in [-0.39, 0.29) is 11.5 Å². The number of methoxy groups -OCH3 is 1. The first-order chi connectivity index (χ1) is 14.0. The molecule has 0 aliphatic carbocycles. The van der Waals surface area contributed by atoms with Gasteiger partial charge in [-0.3, -0.25) is 0 Å². The lowest BCUT2D eigenvalue weighted by Crippen LogP contribution is -2.43. The molecule has 0 amide bonds. The van der Waals surface area contributed by atoms with Crippen LogP contribution in [0.1, 0.15) is 60.8 Å². The number of hydrogen-bond acceptors (Lipinski definition) is 5. The van der Waals surface area contributed by atoms with Crippen molar-refractivity contribution in [3.05, 3.63) is 24.3 Å². The molecule has 0 bridgehead atoms. The highest BCUT2D eigenvalue weighted by Crippen LogP contribution is 2.40. The molecule has 0 aromatic heterocycles. The molecule has 30 heavy (non-hydrogen) atoms. The van der Waals surface area contributed by atoms with Crippen LogP contribution in [0.5, 0.6) is 5.75 Å². The van der Waals surface area contributed by atoms with Crippen LogP contribution in [-0.2, 0) is 14.3 Å². The van der Waals surface area contributed by atoms with Crippen LogP contribution in [0, 0.1) is 11.5 Å². The van der Waals surface area contributed by atoms with E-state index in [1.54, 1.807) is 12.1 Å². The second kappa shape index (κ2) is 11.9. The molecule has 170 valence electrons. The van der Waals surface area contributed by atoms with Gasteiger partial charge in [-0.2, -0.15) is 8.42 Å². The Hall–Kier alpha value is -1.33. The lowest BCUT2D eigenvalue weighted by atomic mass is 10.2. The van der Waals surface area contributed by atoms with E-state index >= 15 is 0 Å². The molecule has 0 saturated carbocycles. The normalized spacial score (nSPS) is 13.4. The Morgan fingerprint density at radius 1 is 0.967 bits per heavy atom. The van der Waals surface area contributed by atoms with Crippen molar-refractivity contribution < 1.29 is 22.4 Å². The van der Waals surface area contributed by atoms with Crippen molar-refractivity contribution in [3.8, 4) is 17.2 Å². The van der Waals surface area contributed by atoms with Crippen LogP contribution in [0.25, 0.3) is 0 Å². The van der Waals surface area contributed by atoms with Crippen molar-refractivity contribution in [1.29, 1.82) is 0 Å². The van der Waals surface area contributed by atoms with Crippen molar-refractivity contribution >= 4 is 18.2 Å². The number of ether oxygens (including phenoxy) is 1. The molecule has 0 fully saturated rings. The third-order valence-electron chi connectivity index (χ3n) is 5.78. The SMILES string of the molecule is COc1ccc(S(=O)(=O)OC(C#C[Si](C(C)C)(C(C)C)C(C)C)CCCCO)cc1. The van der Waals surface area contributed by atoms with Crippen LogP contribution < -0.4 is 4.74 Å². The summed E-state index contributed by atoms with van der Waals surface area (Å²) >= 11 is 0. The van der Waals surface area contributed by atoms with Crippen LogP contribution in [0.3, 0.4) is 0 Å². The van der Waals surface area contributed by atoms with E-state index in [9.17, 15) is 8.42 Å². The fourth-order valence-electron chi connectivity index (χ4n) is 4.18. The van der Waals surface area contributed by atoms with Crippen molar-refractivity contribution in [2.45, 2.75) is 88.4 Å². The summed E-state index contributed by atoms with van der Waals surface area (Å²) in [6, 6.07) is 6.14. The van der Waals surface area contributed by atoms with Gasteiger partial charge in [-0.1, -0.05) is 47.5 Å². The minimum Gasteiger partial charge on any atom is -0.497 e. The maximum absolute atomic E-state index is 12.8. The minimum absolute atomic E-state index is 0.0635. The number of benzene rings is 1. The molecule has 7 heteroatoms. The number of unbranched alkanes of at least 4 members (excludes halogenated alkanes) is 1. The molecular weight excluding hydrogens is 416 g/mol. The summed E-state index contributed by atoms with van der Waals surface area (Å²) in [4.78, 5) is 0.0809. The molecule has 1 unspecified atom stereocenters. The summed E-state index contributed by atoms with van der Waals surface area (Å²) in [6.07, 6.45) is 0.965. The zero-order chi connectivity index (χ0) is 22.9. The average Bonchev–Trinajstić information content (AvgIpc) is 2.67. The Bertz CT molecular complexity index is 782. The van der Waals surface area contributed by atoms with E-state index in [4.69, 9.17) is 14.0 Å². The standard InChI is InChI=1S/C23H38O5SSi/c1-18(2)30(19(3)4,20(5)6)17-15-22(10-8-9-16-24)28-29(25,26)23-13-11-21(27-7)12-14-23/h11-14,18-20,22,24H,8-10,16H2,1-7H3. The summed E-state index contributed by atoms with van der Waals surface area (Å²) in [7, 11) is -4.43. The maximum Gasteiger partial charge on any atom is 0.298 e. The molecule has 1 aromatic rings. The summed E-state index contributed by atoms with van der Waals surface area (Å²) in [5.74, 6) is 3.79. The first-order valence-electron chi connectivity index (χ1n) is 10.7. The molecule has 1 N–H and O–H groups in total. The van der Waals surface area contributed by atoms with Gasteiger partial charge < -0.3 is 9.84 Å². The average molecular weight is 455 g/mol. The lowest BCUT2D eigenvalue weighted by molar-refractivity contribution is 0.235. The van der Waals surface area contributed by atoms with Crippen molar-refractivity contribution in [2.75, 3.05) is 13.7 Å². The van der Waals surface area contributed by atoms with Crippen LogP contribution >= 0.6 is 0 Å². The first-order valence-corrected chi connectivity index (χ1v) is 14.4.